The van der Waals surface area contributed by atoms with Crippen molar-refractivity contribution in [3.63, 3.8) is 0 Å². The molecular formula is C20H29N3O2. The number of benzene rings is 1. The van der Waals surface area contributed by atoms with Crippen LogP contribution >= 0.6 is 0 Å². The summed E-state index contributed by atoms with van der Waals surface area (Å²) in [5, 5.41) is 6.34. The molecule has 5 nitrogen and oxygen atoms in total. The van der Waals surface area contributed by atoms with Gasteiger partial charge in [-0.25, -0.2) is 4.79 Å². The number of fused-ring (bicyclic) bond motifs is 3. The number of urea groups is 1. The van der Waals surface area contributed by atoms with Crippen LogP contribution in [0.1, 0.15) is 54.8 Å². The fourth-order valence-corrected chi connectivity index (χ4v) is 4.77. The van der Waals surface area contributed by atoms with Crippen molar-refractivity contribution >= 4 is 6.03 Å². The standard InChI is InChI=1S/C20H29N3O2/c1-12-7-8-17-18(11-25-19(17)13(12)2)22-20(24)21-14-9-15-5-4-6-16(10-14)23(15)3/h7-8,14-16,18H,4-6,9-11H2,1-3H3,(H2,21,22,24)/t14?,15-,16+,18-/m0/s1. The molecule has 3 heterocycles. The Hall–Kier alpha value is -1.75. The van der Waals surface area contributed by atoms with Gasteiger partial charge in [0.15, 0.2) is 0 Å². The topological polar surface area (TPSA) is 53.6 Å². The van der Waals surface area contributed by atoms with Crippen LogP contribution in [0.2, 0.25) is 0 Å². The van der Waals surface area contributed by atoms with Gasteiger partial charge in [-0.1, -0.05) is 18.6 Å². The van der Waals surface area contributed by atoms with Gasteiger partial charge in [0.1, 0.15) is 12.4 Å². The van der Waals surface area contributed by atoms with E-state index in [0.717, 1.165) is 24.2 Å². The van der Waals surface area contributed by atoms with E-state index in [1.165, 1.54) is 30.4 Å². The number of amides is 2. The minimum absolute atomic E-state index is 0.0555. The third-order valence-corrected chi connectivity index (χ3v) is 6.46. The maximum absolute atomic E-state index is 12.5. The number of aryl methyl sites for hydroxylation is 1. The van der Waals surface area contributed by atoms with Crippen molar-refractivity contribution in [1.29, 1.82) is 0 Å². The van der Waals surface area contributed by atoms with Crippen LogP contribution in [-0.4, -0.2) is 42.7 Å². The lowest BCUT2D eigenvalue weighted by molar-refractivity contribution is 0.0508. The summed E-state index contributed by atoms with van der Waals surface area (Å²) < 4.78 is 5.84. The molecule has 2 fully saturated rings. The van der Waals surface area contributed by atoms with Crippen LogP contribution in [-0.2, 0) is 0 Å². The summed E-state index contributed by atoms with van der Waals surface area (Å²) >= 11 is 0. The van der Waals surface area contributed by atoms with Crippen LogP contribution in [0.4, 0.5) is 4.79 Å². The van der Waals surface area contributed by atoms with E-state index in [2.05, 4.69) is 48.6 Å². The van der Waals surface area contributed by atoms with Crippen LogP contribution in [0.3, 0.4) is 0 Å². The van der Waals surface area contributed by atoms with Crippen LogP contribution in [0, 0.1) is 13.8 Å². The fraction of sp³-hybridized carbons (Fsp3) is 0.650. The summed E-state index contributed by atoms with van der Waals surface area (Å²) in [5.41, 5.74) is 3.49. The number of hydrogen-bond donors (Lipinski definition) is 2. The molecule has 1 unspecified atom stereocenters. The predicted octanol–water partition coefficient (Wildman–Crippen LogP) is 3.05. The molecule has 5 heteroatoms. The number of carbonyl (C=O) groups is 1. The number of nitrogens with zero attached hydrogens (tertiary/aromatic N) is 1. The average Bonchev–Trinajstić information content (AvgIpc) is 2.95. The molecular weight excluding hydrogens is 314 g/mol. The second kappa shape index (κ2) is 6.52. The summed E-state index contributed by atoms with van der Waals surface area (Å²) in [5.74, 6) is 0.944. The van der Waals surface area contributed by atoms with E-state index in [4.69, 9.17) is 4.74 Å². The van der Waals surface area contributed by atoms with Gasteiger partial charge in [0.2, 0.25) is 0 Å². The van der Waals surface area contributed by atoms with Crippen LogP contribution in [0.5, 0.6) is 5.75 Å². The minimum atomic E-state index is -0.0627. The molecule has 4 rings (SSSR count). The Morgan fingerprint density at radius 2 is 1.88 bits per heavy atom. The van der Waals surface area contributed by atoms with Gasteiger partial charge in [0.25, 0.3) is 0 Å². The third-order valence-electron chi connectivity index (χ3n) is 6.46. The van der Waals surface area contributed by atoms with E-state index in [-0.39, 0.29) is 18.1 Å². The van der Waals surface area contributed by atoms with Gasteiger partial charge in [0, 0.05) is 23.7 Å². The quantitative estimate of drug-likeness (QED) is 0.868. The van der Waals surface area contributed by atoms with Crippen molar-refractivity contribution in [2.45, 2.75) is 70.1 Å². The van der Waals surface area contributed by atoms with Crippen molar-refractivity contribution in [2.24, 2.45) is 0 Å². The maximum Gasteiger partial charge on any atom is 0.315 e. The molecule has 2 bridgehead atoms. The summed E-state index contributed by atoms with van der Waals surface area (Å²) in [6, 6.07) is 5.60. The molecule has 136 valence electrons. The molecule has 1 aromatic rings. The SMILES string of the molecule is Cc1ccc2c(c1C)OC[C@@H]2NC(=O)NC1C[C@H]2CCC[C@@H](C1)N2C. The summed E-state index contributed by atoms with van der Waals surface area (Å²) in [6.45, 7) is 4.68. The van der Waals surface area contributed by atoms with Crippen LogP contribution < -0.4 is 15.4 Å². The zero-order valence-corrected chi connectivity index (χ0v) is 15.5. The average molecular weight is 343 g/mol. The number of ether oxygens (including phenoxy) is 1. The molecule has 0 saturated carbocycles. The molecule has 2 saturated heterocycles. The normalized spacial score (nSPS) is 31.2. The first kappa shape index (κ1) is 16.7. The lowest BCUT2D eigenvalue weighted by Gasteiger charge is -2.47. The lowest BCUT2D eigenvalue weighted by atomic mass is 9.82. The van der Waals surface area contributed by atoms with Crippen molar-refractivity contribution < 1.29 is 9.53 Å². The van der Waals surface area contributed by atoms with Crippen molar-refractivity contribution in [2.75, 3.05) is 13.7 Å². The van der Waals surface area contributed by atoms with Gasteiger partial charge < -0.3 is 20.3 Å². The van der Waals surface area contributed by atoms with E-state index >= 15 is 0 Å². The van der Waals surface area contributed by atoms with E-state index in [9.17, 15) is 4.79 Å². The molecule has 2 amide bonds. The summed E-state index contributed by atoms with van der Waals surface area (Å²) in [7, 11) is 2.24. The number of piperidine rings is 2. The number of hydrogen-bond acceptors (Lipinski definition) is 3. The Bertz CT molecular complexity index is 661. The second-order valence-corrected chi connectivity index (χ2v) is 7.98. The van der Waals surface area contributed by atoms with Gasteiger partial charge in [0.05, 0.1) is 6.04 Å². The van der Waals surface area contributed by atoms with Gasteiger partial charge in [-0.05, 0) is 57.7 Å². The number of carbonyl (C=O) groups excluding carboxylic acids is 1. The highest BCUT2D eigenvalue weighted by atomic mass is 16.5. The predicted molar refractivity (Wildman–Crippen MR) is 98.0 cm³/mol. The van der Waals surface area contributed by atoms with Crippen LogP contribution in [0.15, 0.2) is 12.1 Å². The highest BCUT2D eigenvalue weighted by Crippen LogP contribution is 2.37. The zero-order chi connectivity index (χ0) is 17.6. The van der Waals surface area contributed by atoms with Crippen molar-refractivity contribution in [1.82, 2.24) is 15.5 Å². The van der Waals surface area contributed by atoms with Gasteiger partial charge in [-0.3, -0.25) is 0 Å². The fourth-order valence-electron chi connectivity index (χ4n) is 4.77. The molecule has 0 radical (unpaired) electrons. The van der Waals surface area contributed by atoms with Crippen LogP contribution in [0.25, 0.3) is 0 Å². The summed E-state index contributed by atoms with van der Waals surface area (Å²) in [6.07, 6.45) is 5.98. The monoisotopic (exact) mass is 343 g/mol. The molecule has 3 aliphatic heterocycles. The number of nitrogens with one attached hydrogen (secondary N) is 2. The Morgan fingerprint density at radius 3 is 2.60 bits per heavy atom. The van der Waals surface area contributed by atoms with Gasteiger partial charge in [-0.15, -0.1) is 0 Å². The van der Waals surface area contributed by atoms with Crippen molar-refractivity contribution in [3.05, 3.63) is 28.8 Å². The molecule has 0 aliphatic carbocycles. The van der Waals surface area contributed by atoms with E-state index in [1.807, 2.05) is 0 Å². The first-order chi connectivity index (χ1) is 12.0. The van der Waals surface area contributed by atoms with E-state index < -0.39 is 0 Å². The van der Waals surface area contributed by atoms with Crippen molar-refractivity contribution in [3.8, 4) is 5.75 Å². The molecule has 0 spiro atoms. The Morgan fingerprint density at radius 1 is 1.16 bits per heavy atom. The highest BCUT2D eigenvalue weighted by molar-refractivity contribution is 5.75. The first-order valence-corrected chi connectivity index (χ1v) is 9.54. The molecule has 4 atom stereocenters. The smallest absolute Gasteiger partial charge is 0.315 e. The lowest BCUT2D eigenvalue weighted by Crippen LogP contribution is -2.56. The molecule has 25 heavy (non-hydrogen) atoms. The summed E-state index contributed by atoms with van der Waals surface area (Å²) in [4.78, 5) is 15.1. The van der Waals surface area contributed by atoms with E-state index in [0.29, 0.717) is 18.7 Å². The number of rotatable bonds is 2. The third kappa shape index (κ3) is 3.10. The van der Waals surface area contributed by atoms with E-state index in [1.54, 1.807) is 0 Å². The largest absolute Gasteiger partial charge is 0.490 e. The van der Waals surface area contributed by atoms with Gasteiger partial charge in [-0.2, -0.15) is 0 Å². The molecule has 2 N–H and O–H groups in total. The minimum Gasteiger partial charge on any atom is -0.490 e. The van der Waals surface area contributed by atoms with Gasteiger partial charge >= 0.3 is 6.03 Å². The Labute approximate surface area is 150 Å². The second-order valence-electron chi connectivity index (χ2n) is 7.98. The zero-order valence-electron chi connectivity index (χ0n) is 15.5. The molecule has 0 aromatic heterocycles. The highest BCUT2D eigenvalue weighted by Gasteiger charge is 2.37. The molecule has 1 aromatic carbocycles. The Balaban J connectivity index is 1.37. The maximum atomic E-state index is 12.5. The molecule has 3 aliphatic rings. The first-order valence-electron chi connectivity index (χ1n) is 9.54. The Kier molecular flexibility index (Phi) is 4.36.